The predicted molar refractivity (Wildman–Crippen MR) is 108 cm³/mol. The number of ether oxygens (including phenoxy) is 1. The van der Waals surface area contributed by atoms with E-state index in [0.29, 0.717) is 11.4 Å². The van der Waals surface area contributed by atoms with Crippen LogP contribution in [0.2, 0.25) is 0 Å². The molecule has 3 heterocycles. The topological polar surface area (TPSA) is 90.0 Å². The number of benzene rings is 1. The van der Waals surface area contributed by atoms with Crippen molar-refractivity contribution in [1.82, 2.24) is 9.38 Å². The number of hydrogen-bond acceptors (Lipinski definition) is 6. The van der Waals surface area contributed by atoms with E-state index >= 15 is 0 Å². The number of imidazole rings is 1. The van der Waals surface area contributed by atoms with E-state index < -0.39 is 10.9 Å². The van der Waals surface area contributed by atoms with Crippen molar-refractivity contribution in [3.8, 4) is 0 Å². The van der Waals surface area contributed by atoms with E-state index in [9.17, 15) is 14.9 Å². The number of nitro groups is 1. The molecule has 0 unspecified atom stereocenters. The fraction of sp³-hybridized carbons (Fsp3) is 0.333. The molecule has 2 aromatic heterocycles. The molecule has 0 amide bonds. The number of carbonyl (C=O) groups is 1. The summed E-state index contributed by atoms with van der Waals surface area (Å²) in [4.78, 5) is 30.1. The number of anilines is 1. The van der Waals surface area contributed by atoms with Gasteiger partial charge in [0, 0.05) is 37.6 Å². The standard InChI is InChI=1S/C21H22N4O4/c1-15-6-5-11-24-13-16(22-20(15)24)14-29-21(26)18-12-17(25(27)28)7-8-19(18)23-9-3-2-4-10-23/h5-8,11-13H,2-4,9-10,14H2,1H3. The number of aromatic nitrogens is 2. The summed E-state index contributed by atoms with van der Waals surface area (Å²) in [5, 5.41) is 11.2. The summed E-state index contributed by atoms with van der Waals surface area (Å²) in [5.41, 5.74) is 3.24. The van der Waals surface area contributed by atoms with Gasteiger partial charge in [-0.2, -0.15) is 0 Å². The lowest BCUT2D eigenvalue weighted by molar-refractivity contribution is -0.384. The number of pyridine rings is 1. The fourth-order valence-electron chi connectivity index (χ4n) is 3.70. The van der Waals surface area contributed by atoms with Crippen LogP contribution in [0.3, 0.4) is 0 Å². The lowest BCUT2D eigenvalue weighted by Crippen LogP contribution is -2.31. The molecule has 0 N–H and O–H groups in total. The van der Waals surface area contributed by atoms with Crippen molar-refractivity contribution >= 4 is 23.0 Å². The number of nitro benzene ring substituents is 1. The highest BCUT2D eigenvalue weighted by Crippen LogP contribution is 2.29. The van der Waals surface area contributed by atoms with Crippen LogP contribution >= 0.6 is 0 Å². The Morgan fingerprint density at radius 1 is 1.24 bits per heavy atom. The van der Waals surface area contributed by atoms with Gasteiger partial charge in [0.2, 0.25) is 0 Å². The third-order valence-electron chi connectivity index (χ3n) is 5.19. The fourth-order valence-corrected chi connectivity index (χ4v) is 3.70. The SMILES string of the molecule is Cc1cccn2cc(COC(=O)c3cc([N+](=O)[O-])ccc3N3CCCCC3)nc12. The summed E-state index contributed by atoms with van der Waals surface area (Å²) in [5.74, 6) is -0.581. The molecule has 0 saturated carbocycles. The van der Waals surface area contributed by atoms with Crippen LogP contribution in [-0.4, -0.2) is 33.4 Å². The van der Waals surface area contributed by atoms with Gasteiger partial charge in [-0.05, 0) is 43.9 Å². The molecule has 0 atom stereocenters. The van der Waals surface area contributed by atoms with Gasteiger partial charge in [0.25, 0.3) is 5.69 Å². The van der Waals surface area contributed by atoms with Crippen molar-refractivity contribution in [2.45, 2.75) is 32.8 Å². The Bertz CT molecular complexity index is 1070. The molecule has 29 heavy (non-hydrogen) atoms. The van der Waals surface area contributed by atoms with Crippen molar-refractivity contribution in [2.24, 2.45) is 0 Å². The second-order valence-electron chi connectivity index (χ2n) is 7.24. The first-order valence-corrected chi connectivity index (χ1v) is 9.66. The lowest BCUT2D eigenvalue weighted by Gasteiger charge is -2.30. The summed E-state index contributed by atoms with van der Waals surface area (Å²) < 4.78 is 7.37. The van der Waals surface area contributed by atoms with Gasteiger partial charge in [0.05, 0.1) is 21.9 Å². The van der Waals surface area contributed by atoms with Crippen molar-refractivity contribution in [1.29, 1.82) is 0 Å². The van der Waals surface area contributed by atoms with Gasteiger partial charge in [0.15, 0.2) is 0 Å². The van der Waals surface area contributed by atoms with Crippen LogP contribution < -0.4 is 4.90 Å². The number of hydrogen-bond donors (Lipinski definition) is 0. The van der Waals surface area contributed by atoms with Crippen LogP contribution in [0.25, 0.3) is 5.65 Å². The zero-order valence-electron chi connectivity index (χ0n) is 16.2. The number of aryl methyl sites for hydroxylation is 1. The monoisotopic (exact) mass is 394 g/mol. The normalized spacial score (nSPS) is 14.2. The third-order valence-corrected chi connectivity index (χ3v) is 5.19. The quantitative estimate of drug-likeness (QED) is 0.370. The molecule has 8 heteroatoms. The minimum Gasteiger partial charge on any atom is -0.455 e. The predicted octanol–water partition coefficient (Wildman–Crippen LogP) is 3.90. The molecule has 8 nitrogen and oxygen atoms in total. The zero-order chi connectivity index (χ0) is 20.4. The van der Waals surface area contributed by atoms with E-state index in [0.717, 1.165) is 43.6 Å². The Hall–Kier alpha value is -3.42. The molecule has 4 rings (SSSR count). The molecule has 1 aliphatic heterocycles. The van der Waals surface area contributed by atoms with Gasteiger partial charge in [0.1, 0.15) is 12.3 Å². The van der Waals surface area contributed by atoms with Gasteiger partial charge in [-0.1, -0.05) is 6.07 Å². The number of piperidine rings is 1. The van der Waals surface area contributed by atoms with Crippen molar-refractivity contribution in [3.05, 3.63) is 69.7 Å². The van der Waals surface area contributed by atoms with Crippen LogP contribution in [0.15, 0.2) is 42.7 Å². The van der Waals surface area contributed by atoms with Gasteiger partial charge in [-0.15, -0.1) is 0 Å². The zero-order valence-corrected chi connectivity index (χ0v) is 16.2. The summed E-state index contributed by atoms with van der Waals surface area (Å²) in [6, 6.07) is 8.28. The van der Waals surface area contributed by atoms with Crippen LogP contribution in [0.1, 0.15) is 40.9 Å². The average Bonchev–Trinajstić information content (AvgIpc) is 3.17. The molecule has 3 aromatic rings. The first kappa shape index (κ1) is 18.9. The molecule has 1 aromatic carbocycles. The second-order valence-corrected chi connectivity index (χ2v) is 7.24. The Morgan fingerprint density at radius 2 is 2.03 bits per heavy atom. The molecular formula is C21H22N4O4. The first-order valence-electron chi connectivity index (χ1n) is 9.66. The van der Waals surface area contributed by atoms with Crippen molar-refractivity contribution in [2.75, 3.05) is 18.0 Å². The first-order chi connectivity index (χ1) is 14.0. The number of esters is 1. The molecule has 0 aliphatic carbocycles. The summed E-state index contributed by atoms with van der Waals surface area (Å²) in [6.45, 7) is 3.61. The average molecular weight is 394 g/mol. The van der Waals surface area contributed by atoms with E-state index in [1.807, 2.05) is 35.9 Å². The van der Waals surface area contributed by atoms with Crippen LogP contribution in [0.4, 0.5) is 11.4 Å². The maximum Gasteiger partial charge on any atom is 0.340 e. The molecule has 1 saturated heterocycles. The number of fused-ring (bicyclic) bond motifs is 1. The summed E-state index contributed by atoms with van der Waals surface area (Å²) in [7, 11) is 0. The Labute approximate surface area is 167 Å². The highest BCUT2D eigenvalue weighted by atomic mass is 16.6. The Balaban J connectivity index is 1.58. The Morgan fingerprint density at radius 3 is 2.76 bits per heavy atom. The van der Waals surface area contributed by atoms with E-state index in [2.05, 4.69) is 9.88 Å². The van der Waals surface area contributed by atoms with Gasteiger partial charge in [-0.25, -0.2) is 9.78 Å². The highest BCUT2D eigenvalue weighted by molar-refractivity contribution is 5.96. The molecule has 1 aliphatic rings. The van der Waals surface area contributed by atoms with E-state index in [-0.39, 0.29) is 17.9 Å². The minimum absolute atomic E-state index is 0.00207. The lowest BCUT2D eigenvalue weighted by atomic mass is 10.1. The van der Waals surface area contributed by atoms with E-state index in [1.165, 1.54) is 12.1 Å². The maximum absolute atomic E-state index is 12.8. The van der Waals surface area contributed by atoms with Crippen LogP contribution in [0.5, 0.6) is 0 Å². The number of nitrogens with zero attached hydrogens (tertiary/aromatic N) is 4. The summed E-state index contributed by atoms with van der Waals surface area (Å²) >= 11 is 0. The van der Waals surface area contributed by atoms with Crippen LogP contribution in [0, 0.1) is 17.0 Å². The molecular weight excluding hydrogens is 372 g/mol. The maximum atomic E-state index is 12.8. The molecule has 0 bridgehead atoms. The molecule has 1 fully saturated rings. The van der Waals surface area contributed by atoms with Gasteiger partial charge >= 0.3 is 5.97 Å². The minimum atomic E-state index is -0.581. The number of rotatable bonds is 5. The Kier molecular flexibility index (Phi) is 5.16. The molecule has 150 valence electrons. The van der Waals surface area contributed by atoms with E-state index in [4.69, 9.17) is 4.74 Å². The third kappa shape index (κ3) is 3.91. The molecule has 0 radical (unpaired) electrons. The van der Waals surface area contributed by atoms with Crippen LogP contribution in [-0.2, 0) is 11.3 Å². The largest absolute Gasteiger partial charge is 0.455 e. The van der Waals surface area contributed by atoms with Gasteiger partial charge < -0.3 is 14.0 Å². The number of non-ortho nitro benzene ring substituents is 1. The van der Waals surface area contributed by atoms with Crippen molar-refractivity contribution < 1.29 is 14.5 Å². The summed E-state index contributed by atoms with van der Waals surface area (Å²) in [6.07, 6.45) is 6.92. The second kappa shape index (κ2) is 7.90. The smallest absolute Gasteiger partial charge is 0.340 e. The van der Waals surface area contributed by atoms with Crippen molar-refractivity contribution in [3.63, 3.8) is 0 Å². The molecule has 0 spiro atoms. The highest BCUT2D eigenvalue weighted by Gasteiger charge is 2.23. The van der Waals surface area contributed by atoms with E-state index in [1.54, 1.807) is 6.07 Å². The number of carbonyl (C=O) groups excluding carboxylic acids is 1. The van der Waals surface area contributed by atoms with Gasteiger partial charge in [-0.3, -0.25) is 10.1 Å².